The largest absolute Gasteiger partial charge is 0.365 e. The summed E-state index contributed by atoms with van der Waals surface area (Å²) in [6.07, 6.45) is 0.299. The van der Waals surface area contributed by atoms with E-state index in [1.54, 1.807) is 31.9 Å². The average Bonchev–Trinajstić information content (AvgIpc) is 3.39. The van der Waals surface area contributed by atoms with Crippen molar-refractivity contribution in [1.29, 1.82) is 0 Å². The number of hydrogen-bond donors (Lipinski definition) is 2. The van der Waals surface area contributed by atoms with Crippen LogP contribution in [0.5, 0.6) is 0 Å². The molecule has 0 saturated heterocycles. The third kappa shape index (κ3) is 3.54. The van der Waals surface area contributed by atoms with Gasteiger partial charge in [-0.15, -0.1) is 11.3 Å². The van der Waals surface area contributed by atoms with Crippen LogP contribution in [0, 0.1) is 6.92 Å². The SMILES string of the molecule is Cc1c(-c2cc(C(F)F)nc3sc(C(N)=O)c(NC(=O)c4ccn(C)n4)c23)cnn1C. The Bertz CT molecular complexity index is 1340. The summed E-state index contributed by atoms with van der Waals surface area (Å²) in [5.74, 6) is -1.39. The van der Waals surface area contributed by atoms with E-state index in [1.165, 1.54) is 23.0 Å². The summed E-state index contributed by atoms with van der Waals surface area (Å²) in [6.45, 7) is 1.78. The number of aryl methyl sites for hydroxylation is 2. The van der Waals surface area contributed by atoms with Crippen LogP contribution in [0.3, 0.4) is 0 Å². The number of primary amides is 1. The number of rotatable bonds is 5. The normalized spacial score (nSPS) is 11.4. The van der Waals surface area contributed by atoms with Gasteiger partial charge in [0.2, 0.25) is 0 Å². The Morgan fingerprint density at radius 2 is 2.00 bits per heavy atom. The molecule has 4 rings (SSSR count). The van der Waals surface area contributed by atoms with Gasteiger partial charge in [0.25, 0.3) is 18.2 Å². The second-order valence-corrected chi connectivity index (χ2v) is 7.84. The Balaban J connectivity index is 1.99. The molecular formula is C19H17F2N7O2S. The maximum absolute atomic E-state index is 13.5. The van der Waals surface area contributed by atoms with Crippen LogP contribution in [0.4, 0.5) is 14.5 Å². The van der Waals surface area contributed by atoms with Crippen LogP contribution >= 0.6 is 11.3 Å². The Morgan fingerprint density at radius 1 is 1.26 bits per heavy atom. The molecule has 9 nitrogen and oxygen atoms in total. The highest BCUT2D eigenvalue weighted by molar-refractivity contribution is 7.21. The number of amides is 2. The molecule has 0 bridgehead atoms. The predicted octanol–water partition coefficient (Wildman–Crippen LogP) is 3.03. The van der Waals surface area contributed by atoms with E-state index in [4.69, 9.17) is 5.73 Å². The van der Waals surface area contributed by atoms with Crippen LogP contribution in [-0.4, -0.2) is 36.4 Å². The van der Waals surface area contributed by atoms with Gasteiger partial charge in [-0.05, 0) is 24.6 Å². The second kappa shape index (κ2) is 7.54. The van der Waals surface area contributed by atoms with E-state index < -0.39 is 23.9 Å². The average molecular weight is 445 g/mol. The van der Waals surface area contributed by atoms with E-state index in [0.29, 0.717) is 22.2 Å². The minimum absolute atomic E-state index is 0.000917. The second-order valence-electron chi connectivity index (χ2n) is 6.84. The van der Waals surface area contributed by atoms with Crippen molar-refractivity contribution in [3.63, 3.8) is 0 Å². The summed E-state index contributed by atoms with van der Waals surface area (Å²) in [4.78, 5) is 29.0. The van der Waals surface area contributed by atoms with Crippen molar-refractivity contribution in [3.8, 4) is 11.1 Å². The maximum atomic E-state index is 13.5. The van der Waals surface area contributed by atoms with Gasteiger partial charge in [-0.2, -0.15) is 10.2 Å². The number of thiophene rings is 1. The Labute approximate surface area is 178 Å². The first-order valence-corrected chi connectivity index (χ1v) is 9.84. The molecule has 0 unspecified atom stereocenters. The number of halogens is 2. The number of nitrogens with zero attached hydrogens (tertiary/aromatic N) is 5. The van der Waals surface area contributed by atoms with Crippen LogP contribution in [0.1, 0.15) is 38.0 Å². The maximum Gasteiger partial charge on any atom is 0.280 e. The molecule has 0 aliphatic rings. The topological polar surface area (TPSA) is 121 Å². The minimum atomic E-state index is -2.83. The van der Waals surface area contributed by atoms with Crippen molar-refractivity contribution in [2.24, 2.45) is 19.8 Å². The number of pyridine rings is 1. The highest BCUT2D eigenvalue weighted by atomic mass is 32.1. The summed E-state index contributed by atoms with van der Waals surface area (Å²) in [6, 6.07) is 2.75. The van der Waals surface area contributed by atoms with Crippen LogP contribution in [0.25, 0.3) is 21.3 Å². The van der Waals surface area contributed by atoms with Crippen LogP contribution < -0.4 is 11.1 Å². The smallest absolute Gasteiger partial charge is 0.280 e. The number of carbonyl (C=O) groups excluding carboxylic acids is 2. The zero-order valence-electron chi connectivity index (χ0n) is 16.7. The highest BCUT2D eigenvalue weighted by Gasteiger charge is 2.26. The molecule has 0 spiro atoms. The van der Waals surface area contributed by atoms with E-state index in [9.17, 15) is 18.4 Å². The molecule has 3 N–H and O–H groups in total. The molecule has 0 aromatic carbocycles. The molecular weight excluding hydrogens is 428 g/mol. The number of anilines is 1. The molecule has 2 amide bonds. The summed E-state index contributed by atoms with van der Waals surface area (Å²) in [5.41, 5.74) is 6.94. The van der Waals surface area contributed by atoms with Crippen LogP contribution in [0.15, 0.2) is 24.5 Å². The fraction of sp³-hybridized carbons (Fsp3) is 0.211. The molecule has 0 radical (unpaired) electrons. The lowest BCUT2D eigenvalue weighted by Crippen LogP contribution is -2.17. The lowest BCUT2D eigenvalue weighted by molar-refractivity contribution is 0.100. The van der Waals surface area contributed by atoms with E-state index in [1.807, 2.05) is 0 Å². The molecule has 0 saturated carbocycles. The van der Waals surface area contributed by atoms with Gasteiger partial charge in [-0.3, -0.25) is 19.0 Å². The van der Waals surface area contributed by atoms with E-state index >= 15 is 0 Å². The number of aromatic nitrogens is 5. The monoisotopic (exact) mass is 445 g/mol. The lowest BCUT2D eigenvalue weighted by Gasteiger charge is -2.10. The molecule has 31 heavy (non-hydrogen) atoms. The first kappa shape index (κ1) is 20.6. The van der Waals surface area contributed by atoms with Crippen molar-refractivity contribution < 1.29 is 18.4 Å². The molecule has 0 atom stereocenters. The van der Waals surface area contributed by atoms with E-state index in [2.05, 4.69) is 20.5 Å². The molecule has 0 aliphatic heterocycles. The zero-order valence-corrected chi connectivity index (χ0v) is 17.5. The quantitative estimate of drug-likeness (QED) is 0.489. The van der Waals surface area contributed by atoms with Gasteiger partial charge in [0.15, 0.2) is 5.69 Å². The van der Waals surface area contributed by atoms with Crippen molar-refractivity contribution in [3.05, 3.63) is 46.5 Å². The molecule has 4 aromatic heterocycles. The van der Waals surface area contributed by atoms with Gasteiger partial charge in [-0.25, -0.2) is 13.8 Å². The molecule has 0 fully saturated rings. The number of alkyl halides is 2. The lowest BCUT2D eigenvalue weighted by atomic mass is 10.0. The minimum Gasteiger partial charge on any atom is -0.365 e. The summed E-state index contributed by atoms with van der Waals surface area (Å²) in [7, 11) is 3.38. The summed E-state index contributed by atoms with van der Waals surface area (Å²) >= 11 is 0.841. The highest BCUT2D eigenvalue weighted by Crippen LogP contribution is 2.43. The van der Waals surface area contributed by atoms with Crippen molar-refractivity contribution in [1.82, 2.24) is 24.5 Å². The third-order valence-electron chi connectivity index (χ3n) is 4.84. The number of nitrogens with one attached hydrogen (secondary N) is 1. The van der Waals surface area contributed by atoms with Crippen LogP contribution in [0.2, 0.25) is 0 Å². The van der Waals surface area contributed by atoms with Gasteiger partial charge < -0.3 is 11.1 Å². The van der Waals surface area contributed by atoms with E-state index in [0.717, 1.165) is 11.3 Å². The number of nitrogens with two attached hydrogens (primary N) is 1. The van der Waals surface area contributed by atoms with E-state index in [-0.39, 0.29) is 21.1 Å². The number of fused-ring (bicyclic) bond motifs is 1. The van der Waals surface area contributed by atoms with Gasteiger partial charge in [0.1, 0.15) is 15.4 Å². The Morgan fingerprint density at radius 3 is 2.55 bits per heavy atom. The van der Waals surface area contributed by atoms with Crippen molar-refractivity contribution >= 4 is 39.1 Å². The van der Waals surface area contributed by atoms with Gasteiger partial charge >= 0.3 is 0 Å². The predicted molar refractivity (Wildman–Crippen MR) is 111 cm³/mol. The van der Waals surface area contributed by atoms with Gasteiger partial charge in [0, 0.05) is 36.9 Å². The van der Waals surface area contributed by atoms with Crippen LogP contribution in [-0.2, 0) is 14.1 Å². The molecule has 0 aliphatic carbocycles. The fourth-order valence-electron chi connectivity index (χ4n) is 3.21. The first-order valence-electron chi connectivity index (χ1n) is 9.02. The Kier molecular flexibility index (Phi) is 5.01. The number of hydrogen-bond acceptors (Lipinski definition) is 6. The Hall–Kier alpha value is -3.67. The number of carbonyl (C=O) groups is 2. The standard InChI is InChI=1S/C19H17F2N7O2S/c1-8-10(7-23-28(8)3)9-6-12(16(20)21)24-19-13(9)14(15(31-19)17(22)29)25-18(30)11-4-5-27(2)26-11/h4-7,16H,1-3H3,(H2,22,29)(H,25,30). The van der Waals surface area contributed by atoms with Crippen molar-refractivity contribution in [2.45, 2.75) is 13.3 Å². The summed E-state index contributed by atoms with van der Waals surface area (Å²) in [5, 5.41) is 11.2. The zero-order chi connectivity index (χ0) is 22.4. The van der Waals surface area contributed by atoms with Crippen molar-refractivity contribution in [2.75, 3.05) is 5.32 Å². The third-order valence-corrected chi connectivity index (χ3v) is 5.94. The molecule has 4 heterocycles. The van der Waals surface area contributed by atoms with Gasteiger partial charge in [0.05, 0.1) is 11.9 Å². The van der Waals surface area contributed by atoms with Gasteiger partial charge in [-0.1, -0.05) is 0 Å². The molecule has 160 valence electrons. The summed E-state index contributed by atoms with van der Waals surface area (Å²) < 4.78 is 30.1. The molecule has 12 heteroatoms. The molecule has 4 aromatic rings. The fourth-order valence-corrected chi connectivity index (χ4v) is 4.23. The first-order chi connectivity index (χ1) is 14.7.